The summed E-state index contributed by atoms with van der Waals surface area (Å²) in [5, 5.41) is 0.711. The molecule has 2 rings (SSSR count). The van der Waals surface area contributed by atoms with Crippen molar-refractivity contribution in [1.29, 1.82) is 0 Å². The molecule has 1 aromatic heterocycles. The Labute approximate surface area is 117 Å². The third-order valence-electron chi connectivity index (χ3n) is 3.88. The van der Waals surface area contributed by atoms with Crippen LogP contribution in [0, 0.1) is 0 Å². The standard InChI is InChI=1S/C16H20F3N/c1-3-5-6-11(4-2)14-10-20-15-8-7-12(9-13(14)15)16(17,18)19/h7-11,20H,3-6H2,1-2H3. The van der Waals surface area contributed by atoms with Crippen LogP contribution in [0.5, 0.6) is 0 Å². The van der Waals surface area contributed by atoms with Crippen molar-refractivity contribution in [2.24, 2.45) is 0 Å². The normalized spacial score (nSPS) is 13.8. The monoisotopic (exact) mass is 283 g/mol. The van der Waals surface area contributed by atoms with Gasteiger partial charge in [0.2, 0.25) is 0 Å². The lowest BCUT2D eigenvalue weighted by molar-refractivity contribution is -0.137. The van der Waals surface area contributed by atoms with E-state index in [4.69, 9.17) is 0 Å². The van der Waals surface area contributed by atoms with Crippen molar-refractivity contribution in [1.82, 2.24) is 4.98 Å². The molecule has 0 spiro atoms. The summed E-state index contributed by atoms with van der Waals surface area (Å²) in [4.78, 5) is 3.09. The summed E-state index contributed by atoms with van der Waals surface area (Å²) in [5.74, 6) is 0.326. The maximum absolute atomic E-state index is 12.8. The molecule has 1 unspecified atom stereocenters. The molecule has 0 saturated carbocycles. The Bertz CT molecular complexity index is 569. The average molecular weight is 283 g/mol. The van der Waals surface area contributed by atoms with E-state index in [-0.39, 0.29) is 0 Å². The number of hydrogen-bond donors (Lipinski definition) is 1. The zero-order valence-electron chi connectivity index (χ0n) is 11.8. The Morgan fingerprint density at radius 1 is 1.20 bits per heavy atom. The van der Waals surface area contributed by atoms with Gasteiger partial charge in [0.15, 0.2) is 0 Å². The molecular formula is C16H20F3N. The number of benzene rings is 1. The highest BCUT2D eigenvalue weighted by atomic mass is 19.4. The van der Waals surface area contributed by atoms with E-state index in [0.717, 1.165) is 42.8 Å². The van der Waals surface area contributed by atoms with Crippen molar-refractivity contribution in [3.05, 3.63) is 35.5 Å². The Morgan fingerprint density at radius 3 is 2.55 bits per heavy atom. The predicted molar refractivity (Wildman–Crippen MR) is 75.9 cm³/mol. The second-order valence-electron chi connectivity index (χ2n) is 5.25. The number of H-pyrrole nitrogens is 1. The highest BCUT2D eigenvalue weighted by Gasteiger charge is 2.31. The van der Waals surface area contributed by atoms with Crippen molar-refractivity contribution in [2.75, 3.05) is 0 Å². The van der Waals surface area contributed by atoms with Gasteiger partial charge in [-0.25, -0.2) is 0 Å². The molecular weight excluding hydrogens is 263 g/mol. The smallest absolute Gasteiger partial charge is 0.361 e. The van der Waals surface area contributed by atoms with Gasteiger partial charge in [0.1, 0.15) is 0 Å². The van der Waals surface area contributed by atoms with Gasteiger partial charge in [0.05, 0.1) is 5.56 Å². The molecule has 1 heterocycles. The molecule has 0 fully saturated rings. The second kappa shape index (κ2) is 5.90. The Morgan fingerprint density at radius 2 is 1.95 bits per heavy atom. The molecule has 110 valence electrons. The lowest BCUT2D eigenvalue weighted by Gasteiger charge is -2.14. The molecule has 4 heteroatoms. The highest BCUT2D eigenvalue weighted by molar-refractivity contribution is 5.84. The first kappa shape index (κ1) is 14.9. The fourth-order valence-corrected chi connectivity index (χ4v) is 2.69. The summed E-state index contributed by atoms with van der Waals surface area (Å²) in [6.07, 6.45) is 1.76. The molecule has 0 amide bonds. The first-order valence-corrected chi connectivity index (χ1v) is 7.15. The van der Waals surface area contributed by atoms with Crippen LogP contribution in [0.25, 0.3) is 10.9 Å². The number of nitrogens with one attached hydrogen (secondary N) is 1. The molecule has 1 nitrogen and oxygen atoms in total. The van der Waals surface area contributed by atoms with E-state index in [0.29, 0.717) is 11.3 Å². The maximum atomic E-state index is 12.8. The molecule has 1 aromatic carbocycles. The molecule has 1 atom stereocenters. The highest BCUT2D eigenvalue weighted by Crippen LogP contribution is 2.36. The van der Waals surface area contributed by atoms with Crippen molar-refractivity contribution in [2.45, 2.75) is 51.6 Å². The van der Waals surface area contributed by atoms with Gasteiger partial charge >= 0.3 is 6.18 Å². The lowest BCUT2D eigenvalue weighted by Crippen LogP contribution is -2.04. The Kier molecular flexibility index (Phi) is 4.41. The molecule has 20 heavy (non-hydrogen) atoms. The fourth-order valence-electron chi connectivity index (χ4n) is 2.69. The topological polar surface area (TPSA) is 15.8 Å². The number of hydrogen-bond acceptors (Lipinski definition) is 0. The Hall–Kier alpha value is -1.45. The van der Waals surface area contributed by atoms with E-state index in [9.17, 15) is 13.2 Å². The molecule has 0 bridgehead atoms. The largest absolute Gasteiger partial charge is 0.416 e. The number of aromatic amines is 1. The van der Waals surface area contributed by atoms with Crippen LogP contribution in [0.2, 0.25) is 0 Å². The summed E-state index contributed by atoms with van der Waals surface area (Å²) in [6.45, 7) is 4.22. The van der Waals surface area contributed by atoms with Crippen molar-refractivity contribution >= 4 is 10.9 Å². The van der Waals surface area contributed by atoms with Gasteiger partial charge in [-0.15, -0.1) is 0 Å². The van der Waals surface area contributed by atoms with E-state index in [2.05, 4.69) is 18.8 Å². The van der Waals surface area contributed by atoms with Crippen LogP contribution in [0.1, 0.15) is 56.6 Å². The Balaban J connectivity index is 2.43. The number of halogens is 3. The number of alkyl halides is 3. The van der Waals surface area contributed by atoms with Gasteiger partial charge in [-0.3, -0.25) is 0 Å². The molecule has 1 N–H and O–H groups in total. The van der Waals surface area contributed by atoms with Crippen LogP contribution in [-0.2, 0) is 6.18 Å². The molecule has 2 aromatic rings. The van der Waals surface area contributed by atoms with Crippen molar-refractivity contribution in [3.63, 3.8) is 0 Å². The number of aromatic nitrogens is 1. The zero-order valence-corrected chi connectivity index (χ0v) is 11.8. The van der Waals surface area contributed by atoms with Crippen LogP contribution < -0.4 is 0 Å². The van der Waals surface area contributed by atoms with E-state index in [1.165, 1.54) is 12.1 Å². The lowest BCUT2D eigenvalue weighted by atomic mass is 9.90. The summed E-state index contributed by atoms with van der Waals surface area (Å²) in [6, 6.07) is 3.93. The van der Waals surface area contributed by atoms with Crippen LogP contribution >= 0.6 is 0 Å². The average Bonchev–Trinajstić information content (AvgIpc) is 2.82. The molecule has 0 aliphatic heterocycles. The van der Waals surface area contributed by atoms with Gasteiger partial charge in [-0.05, 0) is 42.5 Å². The molecule has 0 aliphatic rings. The van der Waals surface area contributed by atoms with Gasteiger partial charge < -0.3 is 4.98 Å². The SMILES string of the molecule is CCCCC(CC)c1c[nH]c2ccc(C(F)(F)F)cc12. The van der Waals surface area contributed by atoms with Gasteiger partial charge in [0.25, 0.3) is 0 Å². The van der Waals surface area contributed by atoms with Crippen LogP contribution in [0.3, 0.4) is 0 Å². The summed E-state index contributed by atoms with van der Waals surface area (Å²) < 4.78 is 38.5. The fraction of sp³-hybridized carbons (Fsp3) is 0.500. The third kappa shape index (κ3) is 3.00. The molecule has 0 saturated heterocycles. The van der Waals surface area contributed by atoms with Crippen LogP contribution in [0.4, 0.5) is 13.2 Å². The van der Waals surface area contributed by atoms with Gasteiger partial charge in [-0.1, -0.05) is 26.7 Å². The summed E-state index contributed by atoms with van der Waals surface area (Å²) in [5.41, 5.74) is 1.22. The van der Waals surface area contributed by atoms with Gasteiger partial charge in [0, 0.05) is 17.1 Å². The molecule has 0 radical (unpaired) electrons. The summed E-state index contributed by atoms with van der Waals surface area (Å²) >= 11 is 0. The first-order chi connectivity index (χ1) is 9.47. The predicted octanol–water partition coefficient (Wildman–Crippen LogP) is 5.87. The van der Waals surface area contributed by atoms with Crippen molar-refractivity contribution in [3.8, 4) is 0 Å². The number of fused-ring (bicyclic) bond motifs is 1. The molecule has 0 aliphatic carbocycles. The minimum Gasteiger partial charge on any atom is -0.361 e. The number of rotatable bonds is 5. The van der Waals surface area contributed by atoms with Crippen molar-refractivity contribution < 1.29 is 13.2 Å². The zero-order chi connectivity index (χ0) is 14.8. The van der Waals surface area contributed by atoms with Crippen LogP contribution in [-0.4, -0.2) is 4.98 Å². The minimum absolute atomic E-state index is 0.326. The van der Waals surface area contributed by atoms with E-state index >= 15 is 0 Å². The summed E-state index contributed by atoms with van der Waals surface area (Å²) in [7, 11) is 0. The third-order valence-corrected chi connectivity index (χ3v) is 3.88. The van der Waals surface area contributed by atoms with Crippen LogP contribution in [0.15, 0.2) is 24.4 Å². The number of unbranched alkanes of at least 4 members (excludes halogenated alkanes) is 1. The van der Waals surface area contributed by atoms with E-state index < -0.39 is 11.7 Å². The second-order valence-corrected chi connectivity index (χ2v) is 5.25. The van der Waals surface area contributed by atoms with Gasteiger partial charge in [-0.2, -0.15) is 13.2 Å². The minimum atomic E-state index is -4.28. The van der Waals surface area contributed by atoms with E-state index in [1.807, 2.05) is 6.20 Å². The van der Waals surface area contributed by atoms with E-state index in [1.54, 1.807) is 0 Å². The first-order valence-electron chi connectivity index (χ1n) is 7.15. The maximum Gasteiger partial charge on any atom is 0.416 e. The quantitative estimate of drug-likeness (QED) is 0.706.